The van der Waals surface area contributed by atoms with Crippen molar-refractivity contribution in [1.29, 1.82) is 0 Å². The molecule has 0 fully saturated rings. The average molecular weight is 898 g/mol. The lowest BCUT2D eigenvalue weighted by atomic mass is 10.1. The standard InChI is InChI=1S/C46H51N13O7/c1-7-58-35(20-27(3)54-58)43(62)52-45-50-33-22-29(41(47)60)24-37(64-6)39(33)56(45)16-9-10-17-57-40-34(51-46(57)53-44(63)36-21-28(4)55-59(36)8-2)23-30(42(48)61)25-38(40)66-19-12-11-18-65-32-15-13-14-31(26-32)49-5/h9-15,20-26,49H,7-8,16-19H2,1-6H3,(H2,47,60)(H2,48,61)(H,50,52,62)(H,51,53,63)/b10-9+,12-11+. The average Bonchev–Trinajstić information content (AvgIpc) is 4.07. The van der Waals surface area contributed by atoms with Gasteiger partial charge in [0, 0.05) is 56.1 Å². The number of ether oxygens (including phenoxy) is 3. The summed E-state index contributed by atoms with van der Waals surface area (Å²) in [7, 11) is 3.29. The highest BCUT2D eigenvalue weighted by molar-refractivity contribution is 6.05. The molecule has 0 bridgehead atoms. The van der Waals surface area contributed by atoms with E-state index in [-0.39, 0.29) is 55.1 Å². The molecule has 0 atom stereocenters. The van der Waals surface area contributed by atoms with Crippen LogP contribution in [0, 0.1) is 13.8 Å². The fraction of sp³-hybridized carbons (Fsp3) is 0.261. The van der Waals surface area contributed by atoms with Crippen molar-refractivity contribution in [2.45, 2.75) is 53.9 Å². The molecule has 4 heterocycles. The molecule has 0 aliphatic carbocycles. The Labute approximate surface area is 379 Å². The summed E-state index contributed by atoms with van der Waals surface area (Å²) in [5.74, 6) is -0.653. The minimum Gasteiger partial charge on any atom is -0.494 e. The number of hydrogen-bond donors (Lipinski definition) is 5. The van der Waals surface area contributed by atoms with E-state index >= 15 is 0 Å². The zero-order valence-electron chi connectivity index (χ0n) is 37.4. The number of fused-ring (bicyclic) bond motifs is 2. The molecule has 66 heavy (non-hydrogen) atoms. The molecule has 342 valence electrons. The Morgan fingerprint density at radius 3 is 1.65 bits per heavy atom. The van der Waals surface area contributed by atoms with Crippen LogP contribution in [0.2, 0.25) is 0 Å². The van der Waals surface area contributed by atoms with Crippen LogP contribution in [0.25, 0.3) is 22.1 Å². The smallest absolute Gasteiger partial charge is 0.276 e. The molecule has 7 N–H and O–H groups in total. The maximum atomic E-state index is 13.8. The Hall–Kier alpha value is -8.42. The number of imidazole rings is 2. The summed E-state index contributed by atoms with van der Waals surface area (Å²) in [6.07, 6.45) is 7.26. The molecule has 0 spiro atoms. The summed E-state index contributed by atoms with van der Waals surface area (Å²) < 4.78 is 24.5. The Morgan fingerprint density at radius 1 is 0.667 bits per heavy atom. The number of carbonyl (C=O) groups is 4. The largest absolute Gasteiger partial charge is 0.494 e. The van der Waals surface area contributed by atoms with E-state index in [4.69, 9.17) is 35.6 Å². The zero-order valence-corrected chi connectivity index (χ0v) is 37.4. The van der Waals surface area contributed by atoms with E-state index in [1.165, 1.54) is 31.4 Å². The number of carbonyl (C=O) groups excluding carboxylic acids is 4. The summed E-state index contributed by atoms with van der Waals surface area (Å²) in [5.41, 5.74) is 16.3. The van der Waals surface area contributed by atoms with Gasteiger partial charge in [0.05, 0.1) is 29.5 Å². The minimum atomic E-state index is -0.694. The Morgan fingerprint density at radius 2 is 1.17 bits per heavy atom. The molecule has 3 aromatic carbocycles. The van der Waals surface area contributed by atoms with E-state index < -0.39 is 23.6 Å². The lowest BCUT2D eigenvalue weighted by Crippen LogP contribution is -2.20. The SMILES string of the molecule is CCn1nc(C)cc1C(=O)Nc1nc2cc(C(N)=O)cc(OC)c2n1C/C=C/Cn1c(NC(=O)c2cc(C)nn2CC)nc2cc(C(N)=O)cc(OC/C=C/COc3cccc(NC)c3)c21. The summed E-state index contributed by atoms with van der Waals surface area (Å²) in [5, 5.41) is 17.8. The van der Waals surface area contributed by atoms with Gasteiger partial charge in [-0.3, -0.25) is 39.2 Å². The number of nitrogens with one attached hydrogen (secondary N) is 3. The van der Waals surface area contributed by atoms with Gasteiger partial charge < -0.3 is 40.1 Å². The van der Waals surface area contributed by atoms with E-state index in [0.717, 1.165) is 5.69 Å². The number of allylic oxidation sites excluding steroid dienone is 2. The van der Waals surface area contributed by atoms with Crippen molar-refractivity contribution in [2.75, 3.05) is 43.3 Å². The number of amides is 4. The van der Waals surface area contributed by atoms with Gasteiger partial charge in [-0.05, 0) is 88.4 Å². The van der Waals surface area contributed by atoms with Gasteiger partial charge in [0.25, 0.3) is 11.8 Å². The summed E-state index contributed by atoms with van der Waals surface area (Å²) in [6.45, 7) is 8.93. The van der Waals surface area contributed by atoms with Gasteiger partial charge in [-0.1, -0.05) is 18.2 Å². The third-order valence-electron chi connectivity index (χ3n) is 10.4. The molecule has 0 saturated heterocycles. The van der Waals surface area contributed by atoms with E-state index in [2.05, 4.69) is 26.1 Å². The Kier molecular flexibility index (Phi) is 13.8. The Balaban J connectivity index is 1.24. The van der Waals surface area contributed by atoms with Crippen LogP contribution in [0.5, 0.6) is 17.2 Å². The lowest BCUT2D eigenvalue weighted by Gasteiger charge is -2.13. The predicted molar refractivity (Wildman–Crippen MR) is 249 cm³/mol. The summed E-state index contributed by atoms with van der Waals surface area (Å²) in [4.78, 5) is 61.9. The molecule has 7 rings (SSSR count). The maximum absolute atomic E-state index is 13.8. The van der Waals surface area contributed by atoms with Gasteiger partial charge in [-0.15, -0.1) is 0 Å². The van der Waals surface area contributed by atoms with Crippen LogP contribution >= 0.6 is 0 Å². The minimum absolute atomic E-state index is 0.0923. The third-order valence-corrected chi connectivity index (χ3v) is 10.4. The molecule has 0 aliphatic rings. The van der Waals surface area contributed by atoms with Crippen LogP contribution in [0.15, 0.2) is 85.0 Å². The van der Waals surface area contributed by atoms with Gasteiger partial charge in [-0.2, -0.15) is 10.2 Å². The second kappa shape index (κ2) is 20.0. The second-order valence-electron chi connectivity index (χ2n) is 14.9. The van der Waals surface area contributed by atoms with Crippen molar-refractivity contribution in [1.82, 2.24) is 38.7 Å². The van der Waals surface area contributed by atoms with Crippen LogP contribution in [-0.4, -0.2) is 89.7 Å². The quantitative estimate of drug-likeness (QED) is 0.0598. The van der Waals surface area contributed by atoms with Crippen molar-refractivity contribution in [3.05, 3.63) is 119 Å². The zero-order chi connectivity index (χ0) is 47.1. The number of benzene rings is 3. The number of aryl methyl sites for hydroxylation is 4. The van der Waals surface area contributed by atoms with Crippen molar-refractivity contribution in [3.8, 4) is 17.2 Å². The summed E-state index contributed by atoms with van der Waals surface area (Å²) in [6, 6.07) is 17.0. The summed E-state index contributed by atoms with van der Waals surface area (Å²) >= 11 is 0. The van der Waals surface area contributed by atoms with Crippen molar-refractivity contribution >= 4 is 63.3 Å². The molecule has 7 aromatic rings. The number of anilines is 3. The van der Waals surface area contributed by atoms with Gasteiger partial charge >= 0.3 is 0 Å². The van der Waals surface area contributed by atoms with Crippen molar-refractivity contribution in [2.24, 2.45) is 11.5 Å². The van der Waals surface area contributed by atoms with E-state index in [9.17, 15) is 19.2 Å². The number of hydrogen-bond acceptors (Lipinski definition) is 12. The van der Waals surface area contributed by atoms with Crippen molar-refractivity contribution in [3.63, 3.8) is 0 Å². The molecule has 4 aromatic heterocycles. The highest BCUT2D eigenvalue weighted by Crippen LogP contribution is 2.33. The van der Waals surface area contributed by atoms with Crippen LogP contribution in [-0.2, 0) is 26.2 Å². The number of methoxy groups -OCH3 is 1. The predicted octanol–water partition coefficient (Wildman–Crippen LogP) is 5.46. The fourth-order valence-corrected chi connectivity index (χ4v) is 7.35. The third kappa shape index (κ3) is 9.86. The number of aromatic nitrogens is 8. The van der Waals surface area contributed by atoms with Gasteiger partial charge in [-0.25, -0.2) is 9.97 Å². The highest BCUT2D eigenvalue weighted by atomic mass is 16.5. The fourth-order valence-electron chi connectivity index (χ4n) is 7.35. The van der Waals surface area contributed by atoms with E-state index in [1.54, 1.807) is 50.6 Å². The first-order valence-corrected chi connectivity index (χ1v) is 21.1. The van der Waals surface area contributed by atoms with E-state index in [0.29, 0.717) is 69.4 Å². The normalized spacial score (nSPS) is 11.5. The van der Waals surface area contributed by atoms with Crippen LogP contribution in [0.1, 0.15) is 66.9 Å². The molecule has 20 nitrogen and oxygen atoms in total. The molecular formula is C46H51N13O7. The molecular weight excluding hydrogens is 847 g/mol. The first-order chi connectivity index (χ1) is 31.8. The monoisotopic (exact) mass is 897 g/mol. The van der Waals surface area contributed by atoms with Crippen LogP contribution < -0.4 is 41.6 Å². The second-order valence-corrected chi connectivity index (χ2v) is 14.9. The molecule has 0 saturated carbocycles. The van der Waals surface area contributed by atoms with Crippen molar-refractivity contribution < 1.29 is 33.4 Å². The molecule has 0 unspecified atom stereocenters. The Bertz CT molecular complexity index is 3030. The van der Waals surface area contributed by atoms with Gasteiger partial charge in [0.2, 0.25) is 23.7 Å². The molecule has 4 amide bonds. The number of rotatable bonds is 20. The molecule has 0 aliphatic heterocycles. The van der Waals surface area contributed by atoms with E-state index in [1.807, 2.05) is 63.4 Å². The number of nitrogens with two attached hydrogens (primary N) is 2. The molecule has 20 heteroatoms. The number of primary amides is 2. The molecule has 0 radical (unpaired) electrons. The lowest BCUT2D eigenvalue weighted by molar-refractivity contribution is 0.0991. The first kappa shape index (κ1) is 45.6. The number of nitrogens with zero attached hydrogens (tertiary/aromatic N) is 8. The van der Waals surface area contributed by atoms with Crippen LogP contribution in [0.3, 0.4) is 0 Å². The maximum Gasteiger partial charge on any atom is 0.276 e. The van der Waals surface area contributed by atoms with Crippen LogP contribution in [0.4, 0.5) is 17.6 Å². The topological polar surface area (TPSA) is 255 Å². The van der Waals surface area contributed by atoms with Gasteiger partial charge in [0.1, 0.15) is 52.9 Å². The van der Waals surface area contributed by atoms with Gasteiger partial charge in [0.15, 0.2) is 0 Å². The first-order valence-electron chi connectivity index (χ1n) is 21.1. The highest BCUT2D eigenvalue weighted by Gasteiger charge is 2.23.